The SMILES string of the molecule is Cc1ccc(N(N)C(=O)C2CCC2)c(F)c1-c1ccc2c(c1)=CNCC=2. The summed E-state index contributed by atoms with van der Waals surface area (Å²) in [4.78, 5) is 12.4. The number of aryl methyl sites for hydroxylation is 1. The van der Waals surface area contributed by atoms with E-state index < -0.39 is 5.82 Å². The smallest absolute Gasteiger partial charge is 0.244 e. The molecule has 1 amide bonds. The van der Waals surface area contributed by atoms with E-state index in [1.807, 2.05) is 37.4 Å². The van der Waals surface area contributed by atoms with Gasteiger partial charge >= 0.3 is 0 Å². The molecule has 0 saturated heterocycles. The lowest BCUT2D eigenvalue weighted by Gasteiger charge is -2.29. The van der Waals surface area contributed by atoms with Gasteiger partial charge in [-0.05, 0) is 53.5 Å². The van der Waals surface area contributed by atoms with Crippen LogP contribution in [0.2, 0.25) is 0 Å². The van der Waals surface area contributed by atoms with Gasteiger partial charge in [0.25, 0.3) is 0 Å². The van der Waals surface area contributed by atoms with Crippen molar-refractivity contribution in [3.63, 3.8) is 0 Å². The van der Waals surface area contributed by atoms with E-state index in [0.717, 1.165) is 52.4 Å². The van der Waals surface area contributed by atoms with Crippen molar-refractivity contribution in [2.75, 3.05) is 11.6 Å². The number of nitrogens with zero attached hydrogens (tertiary/aromatic N) is 1. The van der Waals surface area contributed by atoms with Crippen molar-refractivity contribution < 1.29 is 9.18 Å². The predicted octanol–water partition coefficient (Wildman–Crippen LogP) is 1.93. The Labute approximate surface area is 151 Å². The summed E-state index contributed by atoms with van der Waals surface area (Å²) in [6.07, 6.45) is 6.72. The van der Waals surface area contributed by atoms with Crippen LogP contribution >= 0.6 is 0 Å². The standard InChI is InChI=1S/C21H22FN3O/c1-13-5-8-18(25(23)21(26)15-3-2-4-15)20(22)19(13)16-7-6-14-9-10-24-12-17(14)11-16/h5-9,11-12,15,24H,2-4,10,23H2,1H3. The number of fused-ring (bicyclic) bond motifs is 1. The van der Waals surface area contributed by atoms with E-state index in [1.165, 1.54) is 0 Å². The molecule has 2 aromatic carbocycles. The summed E-state index contributed by atoms with van der Waals surface area (Å²) in [7, 11) is 0. The molecule has 1 heterocycles. The summed E-state index contributed by atoms with van der Waals surface area (Å²) in [5, 5.41) is 6.31. The van der Waals surface area contributed by atoms with Crippen LogP contribution in [0.25, 0.3) is 23.4 Å². The van der Waals surface area contributed by atoms with Gasteiger partial charge in [0.15, 0.2) is 5.82 Å². The Kier molecular flexibility index (Phi) is 4.24. The second-order valence-corrected chi connectivity index (χ2v) is 7.03. The first-order valence-electron chi connectivity index (χ1n) is 8.98. The van der Waals surface area contributed by atoms with Gasteiger partial charge in [0.1, 0.15) is 0 Å². The first-order chi connectivity index (χ1) is 12.6. The Morgan fingerprint density at radius 3 is 2.77 bits per heavy atom. The van der Waals surface area contributed by atoms with E-state index in [0.29, 0.717) is 5.56 Å². The van der Waals surface area contributed by atoms with Crippen molar-refractivity contribution in [2.24, 2.45) is 11.8 Å². The molecule has 0 aromatic heterocycles. The minimum absolute atomic E-state index is 0.0795. The molecule has 1 fully saturated rings. The van der Waals surface area contributed by atoms with Crippen LogP contribution < -0.4 is 26.6 Å². The fourth-order valence-corrected chi connectivity index (χ4v) is 3.55. The first-order valence-corrected chi connectivity index (χ1v) is 8.98. The molecule has 1 aliphatic heterocycles. The minimum Gasteiger partial charge on any atom is -0.387 e. The van der Waals surface area contributed by atoms with Crippen LogP contribution in [0.1, 0.15) is 24.8 Å². The average Bonchev–Trinajstić information content (AvgIpc) is 2.60. The lowest BCUT2D eigenvalue weighted by atomic mass is 9.84. The zero-order valence-corrected chi connectivity index (χ0v) is 14.8. The molecular weight excluding hydrogens is 329 g/mol. The Morgan fingerprint density at radius 2 is 2.04 bits per heavy atom. The number of nitrogens with two attached hydrogens (primary N) is 1. The summed E-state index contributed by atoms with van der Waals surface area (Å²) in [5.41, 5.74) is 2.21. The topological polar surface area (TPSA) is 58.4 Å². The molecule has 5 heteroatoms. The second-order valence-electron chi connectivity index (χ2n) is 7.03. The number of nitrogens with one attached hydrogen (secondary N) is 1. The maximum absolute atomic E-state index is 15.3. The van der Waals surface area contributed by atoms with Crippen molar-refractivity contribution in [3.05, 3.63) is 52.1 Å². The highest BCUT2D eigenvalue weighted by atomic mass is 19.1. The third-order valence-corrected chi connectivity index (χ3v) is 5.35. The van der Waals surface area contributed by atoms with Gasteiger partial charge < -0.3 is 5.32 Å². The van der Waals surface area contributed by atoms with Gasteiger partial charge in [0.05, 0.1) is 5.69 Å². The van der Waals surface area contributed by atoms with Crippen LogP contribution in [0.15, 0.2) is 30.3 Å². The summed E-state index contributed by atoms with van der Waals surface area (Å²) in [6, 6.07) is 9.27. The zero-order chi connectivity index (χ0) is 18.3. The van der Waals surface area contributed by atoms with Crippen molar-refractivity contribution in [3.8, 4) is 11.1 Å². The quantitative estimate of drug-likeness (QED) is 0.505. The molecule has 1 saturated carbocycles. The third-order valence-electron chi connectivity index (χ3n) is 5.35. The molecule has 0 radical (unpaired) electrons. The molecule has 1 aliphatic carbocycles. The number of anilines is 1. The number of amides is 1. The average molecular weight is 351 g/mol. The van der Waals surface area contributed by atoms with Crippen molar-refractivity contribution >= 4 is 23.9 Å². The number of hydrogen-bond acceptors (Lipinski definition) is 3. The van der Waals surface area contributed by atoms with Gasteiger partial charge in [-0.15, -0.1) is 0 Å². The molecule has 4 rings (SSSR count). The fourth-order valence-electron chi connectivity index (χ4n) is 3.55. The minimum atomic E-state index is -0.451. The van der Waals surface area contributed by atoms with Crippen molar-refractivity contribution in [2.45, 2.75) is 26.2 Å². The first kappa shape index (κ1) is 16.8. The highest BCUT2D eigenvalue weighted by Gasteiger charge is 2.30. The van der Waals surface area contributed by atoms with E-state index in [9.17, 15) is 4.79 Å². The van der Waals surface area contributed by atoms with Gasteiger partial charge in [0.2, 0.25) is 5.91 Å². The second kappa shape index (κ2) is 6.57. The van der Waals surface area contributed by atoms with Gasteiger partial charge in [-0.25, -0.2) is 15.2 Å². The zero-order valence-electron chi connectivity index (χ0n) is 14.8. The number of halogens is 1. The number of hydrogen-bond donors (Lipinski definition) is 2. The summed E-state index contributed by atoms with van der Waals surface area (Å²) >= 11 is 0. The van der Waals surface area contributed by atoms with Gasteiger partial charge in [-0.1, -0.05) is 30.7 Å². The van der Waals surface area contributed by atoms with Crippen LogP contribution in [0.4, 0.5) is 10.1 Å². The largest absolute Gasteiger partial charge is 0.387 e. The maximum Gasteiger partial charge on any atom is 0.244 e. The van der Waals surface area contributed by atoms with E-state index in [-0.39, 0.29) is 17.5 Å². The van der Waals surface area contributed by atoms with Gasteiger partial charge in [0, 0.05) is 24.2 Å². The number of hydrazine groups is 1. The third kappa shape index (κ3) is 2.78. The Morgan fingerprint density at radius 1 is 1.23 bits per heavy atom. The predicted molar refractivity (Wildman–Crippen MR) is 102 cm³/mol. The monoisotopic (exact) mass is 351 g/mol. The van der Waals surface area contributed by atoms with Crippen molar-refractivity contribution in [1.29, 1.82) is 0 Å². The number of carbonyl (C=O) groups excluding carboxylic acids is 1. The Bertz CT molecular complexity index is 995. The molecule has 3 N–H and O–H groups in total. The van der Waals surface area contributed by atoms with E-state index in [2.05, 4.69) is 11.4 Å². The molecule has 0 bridgehead atoms. The summed E-state index contributed by atoms with van der Waals surface area (Å²) < 4.78 is 15.3. The summed E-state index contributed by atoms with van der Waals surface area (Å²) in [6.45, 7) is 2.66. The lowest BCUT2D eigenvalue weighted by Crippen LogP contribution is -2.44. The molecule has 134 valence electrons. The molecular formula is C21H22FN3O. The van der Waals surface area contributed by atoms with Crippen LogP contribution in [-0.2, 0) is 4.79 Å². The molecule has 2 aliphatic rings. The van der Waals surface area contributed by atoms with E-state index >= 15 is 4.39 Å². The molecule has 2 aromatic rings. The number of benzene rings is 2. The normalized spacial score (nSPS) is 15.8. The van der Waals surface area contributed by atoms with Crippen LogP contribution in [0.3, 0.4) is 0 Å². The summed E-state index contributed by atoms with van der Waals surface area (Å²) in [5.74, 6) is 5.24. The number of carbonyl (C=O) groups is 1. The van der Waals surface area contributed by atoms with E-state index in [1.54, 1.807) is 6.07 Å². The highest BCUT2D eigenvalue weighted by molar-refractivity contribution is 5.95. The lowest BCUT2D eigenvalue weighted by molar-refractivity contribution is -0.124. The molecule has 0 unspecified atom stereocenters. The number of rotatable bonds is 3. The van der Waals surface area contributed by atoms with Crippen LogP contribution in [-0.4, -0.2) is 12.5 Å². The Balaban J connectivity index is 1.79. The molecule has 0 spiro atoms. The van der Waals surface area contributed by atoms with Gasteiger partial charge in [-0.3, -0.25) is 4.79 Å². The molecule has 26 heavy (non-hydrogen) atoms. The Hall–Kier alpha value is -2.66. The molecule has 0 atom stereocenters. The fraction of sp³-hybridized carbons (Fsp3) is 0.286. The van der Waals surface area contributed by atoms with Gasteiger partial charge in [-0.2, -0.15) is 0 Å². The van der Waals surface area contributed by atoms with Crippen LogP contribution in [0, 0.1) is 18.7 Å². The highest BCUT2D eigenvalue weighted by Crippen LogP contribution is 2.34. The van der Waals surface area contributed by atoms with Crippen molar-refractivity contribution in [1.82, 2.24) is 5.32 Å². The van der Waals surface area contributed by atoms with Crippen LogP contribution in [0.5, 0.6) is 0 Å². The molecule has 4 nitrogen and oxygen atoms in total. The maximum atomic E-state index is 15.3. The van der Waals surface area contributed by atoms with E-state index in [4.69, 9.17) is 5.84 Å².